The Balaban J connectivity index is 1.50. The van der Waals surface area contributed by atoms with E-state index in [1.807, 2.05) is 25.1 Å². The van der Waals surface area contributed by atoms with Gasteiger partial charge in [0.05, 0.1) is 11.1 Å². The average molecular weight is 487 g/mol. The second-order valence-corrected chi connectivity index (χ2v) is 9.55. The molecule has 0 unspecified atom stereocenters. The van der Waals surface area contributed by atoms with Crippen LogP contribution < -0.4 is 16.4 Å². The lowest BCUT2D eigenvalue weighted by Crippen LogP contribution is -2.36. The van der Waals surface area contributed by atoms with Crippen molar-refractivity contribution < 1.29 is 9.18 Å². The highest BCUT2D eigenvalue weighted by atomic mass is 19.1. The lowest BCUT2D eigenvalue weighted by Gasteiger charge is -2.27. The normalized spacial score (nSPS) is 13.6. The predicted octanol–water partition coefficient (Wildman–Crippen LogP) is 5.23. The molecular weight excluding hydrogens is 455 g/mol. The third kappa shape index (κ3) is 4.68. The molecule has 4 aromatic rings. The van der Waals surface area contributed by atoms with Crippen LogP contribution in [-0.4, -0.2) is 33.7 Å². The molecule has 5 rings (SSSR count). The van der Waals surface area contributed by atoms with Crippen LogP contribution in [0.3, 0.4) is 0 Å². The van der Waals surface area contributed by atoms with E-state index in [0.29, 0.717) is 34.3 Å². The quantitative estimate of drug-likeness (QED) is 0.273. The Bertz CT molecular complexity index is 1430. The first-order valence-electron chi connectivity index (χ1n) is 12.4. The highest BCUT2D eigenvalue weighted by Crippen LogP contribution is 2.34. The molecule has 5 N–H and O–H groups in total. The zero-order chi connectivity index (χ0) is 25.2. The molecule has 186 valence electrons. The third-order valence-corrected chi connectivity index (χ3v) is 7.12. The Morgan fingerprint density at radius 3 is 2.78 bits per heavy atom. The minimum absolute atomic E-state index is 0.286. The molecular formula is C28H31FN6O. The van der Waals surface area contributed by atoms with Crippen molar-refractivity contribution in [3.8, 4) is 11.3 Å². The molecule has 0 atom stereocenters. The number of nitrogens with two attached hydrogens (primary N) is 1. The van der Waals surface area contributed by atoms with E-state index in [4.69, 9.17) is 10.7 Å². The van der Waals surface area contributed by atoms with Gasteiger partial charge in [-0.25, -0.2) is 9.37 Å². The number of benzene rings is 2. The van der Waals surface area contributed by atoms with Crippen LogP contribution in [0.15, 0.2) is 42.5 Å². The summed E-state index contributed by atoms with van der Waals surface area (Å²) in [4.78, 5) is 17.8. The first kappa shape index (κ1) is 23.9. The molecule has 8 heteroatoms. The highest BCUT2D eigenvalue weighted by molar-refractivity contribution is 6.04. The van der Waals surface area contributed by atoms with Crippen LogP contribution in [-0.2, 0) is 13.1 Å². The molecule has 1 aliphatic rings. The van der Waals surface area contributed by atoms with E-state index in [2.05, 4.69) is 27.8 Å². The second kappa shape index (κ2) is 10.1. The zero-order valence-electron chi connectivity index (χ0n) is 20.6. The molecule has 2 heterocycles. The van der Waals surface area contributed by atoms with Crippen LogP contribution in [0.4, 0.5) is 15.9 Å². The molecule has 0 saturated heterocycles. The van der Waals surface area contributed by atoms with Crippen molar-refractivity contribution in [3.05, 3.63) is 70.3 Å². The Kier molecular flexibility index (Phi) is 6.69. The summed E-state index contributed by atoms with van der Waals surface area (Å²) in [5, 5.41) is 14.6. The maximum atomic E-state index is 13.1. The second-order valence-electron chi connectivity index (χ2n) is 9.55. The van der Waals surface area contributed by atoms with Gasteiger partial charge in [-0.2, -0.15) is 5.10 Å². The van der Waals surface area contributed by atoms with Gasteiger partial charge in [0.2, 0.25) is 0 Å². The van der Waals surface area contributed by atoms with Crippen LogP contribution in [0.5, 0.6) is 0 Å². The molecule has 0 spiro atoms. The molecule has 7 nitrogen and oxygen atoms in total. The van der Waals surface area contributed by atoms with Gasteiger partial charge in [-0.15, -0.1) is 0 Å². The minimum Gasteiger partial charge on any atom is -0.382 e. The number of nitrogen functional groups attached to an aromatic ring is 1. The number of carbonyl (C=O) groups is 1. The number of rotatable bonds is 8. The van der Waals surface area contributed by atoms with Crippen LogP contribution >= 0.6 is 0 Å². The molecule has 2 aromatic carbocycles. The fourth-order valence-corrected chi connectivity index (χ4v) is 4.80. The van der Waals surface area contributed by atoms with Crippen molar-refractivity contribution in [2.24, 2.45) is 0 Å². The number of nitrogens with zero attached hydrogens (tertiary/aromatic N) is 2. The van der Waals surface area contributed by atoms with Gasteiger partial charge in [-0.1, -0.05) is 24.6 Å². The topological polar surface area (TPSA) is 109 Å². The van der Waals surface area contributed by atoms with Gasteiger partial charge in [0.25, 0.3) is 5.91 Å². The molecule has 0 radical (unpaired) electrons. The average Bonchev–Trinajstić information content (AvgIpc) is 3.23. The summed E-state index contributed by atoms with van der Waals surface area (Å²) in [5.74, 6) is 0.161. The summed E-state index contributed by atoms with van der Waals surface area (Å²) in [6.07, 6.45) is 4.55. The number of fused-ring (bicyclic) bond motifs is 1. The van der Waals surface area contributed by atoms with E-state index in [1.165, 1.54) is 19.3 Å². The summed E-state index contributed by atoms with van der Waals surface area (Å²) in [6.45, 7) is 4.34. The standard InChI is InChI=1S/C28H31FN6O/c1-16-9-10-21(32-28(36)19-6-3-5-18(13-19)15-29)14-23(16)25-22(11-12-31-20-7-4-8-20)17(2)24-26(30)34-35-27(24)33-25/h3,5-6,9-10,13-14,20,31H,4,7-8,11-12,15H2,1-2H3,(H,32,36)(H3,30,33,34,35). The Hall–Kier alpha value is -3.78. The molecule has 0 aliphatic heterocycles. The van der Waals surface area contributed by atoms with Gasteiger partial charge in [-0.3, -0.25) is 9.89 Å². The summed E-state index contributed by atoms with van der Waals surface area (Å²) in [7, 11) is 0. The smallest absolute Gasteiger partial charge is 0.255 e. The molecule has 1 amide bonds. The number of hydrogen-bond acceptors (Lipinski definition) is 5. The fourth-order valence-electron chi connectivity index (χ4n) is 4.80. The number of aromatic amines is 1. The van der Waals surface area contributed by atoms with Gasteiger partial charge in [0, 0.05) is 22.9 Å². The zero-order valence-corrected chi connectivity index (χ0v) is 20.6. The van der Waals surface area contributed by atoms with Crippen molar-refractivity contribution in [3.63, 3.8) is 0 Å². The van der Waals surface area contributed by atoms with Gasteiger partial charge >= 0.3 is 0 Å². The number of hydrogen-bond donors (Lipinski definition) is 4. The van der Waals surface area contributed by atoms with E-state index in [9.17, 15) is 9.18 Å². The van der Waals surface area contributed by atoms with Crippen molar-refractivity contribution in [1.29, 1.82) is 0 Å². The lowest BCUT2D eigenvalue weighted by molar-refractivity contribution is 0.102. The van der Waals surface area contributed by atoms with E-state index in [1.54, 1.807) is 24.3 Å². The lowest BCUT2D eigenvalue weighted by atomic mass is 9.92. The number of amides is 1. The number of carbonyl (C=O) groups excluding carboxylic acids is 1. The van der Waals surface area contributed by atoms with Crippen LogP contribution in [0.1, 0.15) is 51.9 Å². The number of aromatic nitrogens is 3. The SMILES string of the molecule is Cc1ccc(NC(=O)c2cccc(CF)c2)cc1-c1nc2[nH]nc(N)c2c(C)c1CCNC1CCC1. The number of nitrogens with one attached hydrogen (secondary N) is 3. The van der Waals surface area contributed by atoms with Crippen molar-refractivity contribution in [1.82, 2.24) is 20.5 Å². The van der Waals surface area contributed by atoms with Gasteiger partial charge in [-0.05, 0) is 86.2 Å². The van der Waals surface area contributed by atoms with Gasteiger partial charge < -0.3 is 16.4 Å². The summed E-state index contributed by atoms with van der Waals surface area (Å²) in [6, 6.07) is 13.0. The summed E-state index contributed by atoms with van der Waals surface area (Å²) in [5.41, 5.74) is 13.3. The van der Waals surface area contributed by atoms with E-state index >= 15 is 0 Å². The minimum atomic E-state index is -0.611. The van der Waals surface area contributed by atoms with Crippen molar-refractivity contribution in [2.45, 2.75) is 52.2 Å². The van der Waals surface area contributed by atoms with E-state index in [0.717, 1.165) is 46.3 Å². The largest absolute Gasteiger partial charge is 0.382 e. The number of alkyl halides is 1. The number of anilines is 2. The third-order valence-electron chi connectivity index (χ3n) is 7.12. The van der Waals surface area contributed by atoms with Crippen molar-refractivity contribution in [2.75, 3.05) is 17.6 Å². The van der Waals surface area contributed by atoms with Gasteiger partial charge in [0.15, 0.2) is 11.5 Å². The van der Waals surface area contributed by atoms with Gasteiger partial charge in [0.1, 0.15) is 6.67 Å². The van der Waals surface area contributed by atoms with Crippen molar-refractivity contribution >= 4 is 28.4 Å². The Morgan fingerprint density at radius 1 is 1.19 bits per heavy atom. The van der Waals surface area contributed by atoms with Crippen LogP contribution in [0, 0.1) is 13.8 Å². The number of H-pyrrole nitrogens is 1. The molecule has 1 fully saturated rings. The summed E-state index contributed by atoms with van der Waals surface area (Å²) < 4.78 is 13.1. The maximum absolute atomic E-state index is 13.1. The Labute approximate surface area is 209 Å². The molecule has 1 aliphatic carbocycles. The number of halogens is 1. The van der Waals surface area contributed by atoms with Crippen LogP contribution in [0.25, 0.3) is 22.3 Å². The Morgan fingerprint density at radius 2 is 2.03 bits per heavy atom. The number of pyridine rings is 1. The first-order chi connectivity index (χ1) is 17.4. The summed E-state index contributed by atoms with van der Waals surface area (Å²) >= 11 is 0. The monoisotopic (exact) mass is 486 g/mol. The highest BCUT2D eigenvalue weighted by Gasteiger charge is 2.21. The van der Waals surface area contributed by atoms with E-state index < -0.39 is 6.67 Å². The molecule has 2 aromatic heterocycles. The van der Waals surface area contributed by atoms with Crippen LogP contribution in [0.2, 0.25) is 0 Å². The van der Waals surface area contributed by atoms with E-state index in [-0.39, 0.29) is 5.91 Å². The first-order valence-corrected chi connectivity index (χ1v) is 12.4. The maximum Gasteiger partial charge on any atom is 0.255 e. The molecule has 36 heavy (non-hydrogen) atoms. The number of aryl methyl sites for hydroxylation is 2. The fraction of sp³-hybridized carbons (Fsp3) is 0.321. The predicted molar refractivity (Wildman–Crippen MR) is 142 cm³/mol. The molecule has 1 saturated carbocycles. The molecule has 0 bridgehead atoms.